The third-order valence-electron chi connectivity index (χ3n) is 5.26. The molecule has 2 saturated heterocycles. The molecule has 0 N–H and O–H groups in total. The van der Waals surface area contributed by atoms with Crippen LogP contribution in [0.5, 0.6) is 0 Å². The number of thioether (sulfide) groups is 1. The minimum absolute atomic E-state index is 0.103. The molecule has 0 radical (unpaired) electrons. The summed E-state index contributed by atoms with van der Waals surface area (Å²) in [6, 6.07) is 2.07. The molecule has 29 heavy (non-hydrogen) atoms. The van der Waals surface area contributed by atoms with Gasteiger partial charge in [0.15, 0.2) is 0 Å². The summed E-state index contributed by atoms with van der Waals surface area (Å²) in [5.74, 6) is 1.01. The number of hydrogen-bond donors (Lipinski definition) is 0. The van der Waals surface area contributed by atoms with Gasteiger partial charge in [0.1, 0.15) is 21.8 Å². The molecule has 3 heterocycles. The maximum atomic E-state index is 13.0. The van der Waals surface area contributed by atoms with Crippen molar-refractivity contribution in [3.05, 3.63) is 31.9 Å². The van der Waals surface area contributed by atoms with Crippen LogP contribution in [-0.2, 0) is 11.3 Å². The van der Waals surface area contributed by atoms with Gasteiger partial charge >= 0.3 is 0 Å². The topological polar surface area (TPSA) is 69.3 Å². The van der Waals surface area contributed by atoms with Crippen LogP contribution >= 0.6 is 24.0 Å². The number of amides is 1. The predicted molar refractivity (Wildman–Crippen MR) is 122 cm³/mol. The number of thiocarbonyl (C=S) groups is 1. The van der Waals surface area contributed by atoms with Crippen molar-refractivity contribution in [2.75, 3.05) is 24.5 Å². The number of anilines is 1. The second kappa shape index (κ2) is 8.72. The Morgan fingerprint density at radius 3 is 2.48 bits per heavy atom. The van der Waals surface area contributed by atoms with E-state index in [-0.39, 0.29) is 17.0 Å². The summed E-state index contributed by atoms with van der Waals surface area (Å²) in [6.07, 6.45) is 3.95. The van der Waals surface area contributed by atoms with E-state index in [4.69, 9.17) is 12.2 Å². The SMILES string of the molecule is CCn1c(N2CCCC2)c(C=C2SC(=S)N(CC(C)C)C2=O)c(C)c(C#N)c1=O. The first kappa shape index (κ1) is 21.6. The zero-order valence-corrected chi connectivity index (χ0v) is 19.0. The molecule has 6 nitrogen and oxygen atoms in total. The number of aromatic nitrogens is 1. The fraction of sp³-hybridized carbons (Fsp3) is 0.524. The summed E-state index contributed by atoms with van der Waals surface area (Å²) in [6.45, 7) is 10.6. The van der Waals surface area contributed by atoms with Crippen molar-refractivity contribution >= 4 is 46.1 Å². The second-order valence-electron chi connectivity index (χ2n) is 7.78. The first-order valence-electron chi connectivity index (χ1n) is 9.97. The van der Waals surface area contributed by atoms with E-state index in [1.165, 1.54) is 11.8 Å². The normalized spacial score (nSPS) is 18.4. The van der Waals surface area contributed by atoms with Gasteiger partial charge in [-0.05, 0) is 44.2 Å². The quantitative estimate of drug-likeness (QED) is 0.526. The van der Waals surface area contributed by atoms with Gasteiger partial charge in [-0.15, -0.1) is 0 Å². The molecule has 1 aromatic rings. The summed E-state index contributed by atoms with van der Waals surface area (Å²) in [4.78, 5) is 30.3. The van der Waals surface area contributed by atoms with Crippen LogP contribution in [0.25, 0.3) is 6.08 Å². The molecule has 0 bridgehead atoms. The van der Waals surface area contributed by atoms with Crippen molar-refractivity contribution in [1.29, 1.82) is 5.26 Å². The Bertz CT molecular complexity index is 982. The lowest BCUT2D eigenvalue weighted by Gasteiger charge is -2.26. The van der Waals surface area contributed by atoms with Crippen LogP contribution in [0, 0.1) is 24.2 Å². The van der Waals surface area contributed by atoms with Gasteiger partial charge in [-0.3, -0.25) is 19.1 Å². The minimum atomic E-state index is -0.265. The van der Waals surface area contributed by atoms with Crippen LogP contribution in [0.15, 0.2) is 9.70 Å². The fourth-order valence-electron chi connectivity index (χ4n) is 3.86. The Morgan fingerprint density at radius 2 is 1.93 bits per heavy atom. The summed E-state index contributed by atoms with van der Waals surface area (Å²) < 4.78 is 2.22. The van der Waals surface area contributed by atoms with Gasteiger partial charge in [-0.1, -0.05) is 37.8 Å². The summed E-state index contributed by atoms with van der Waals surface area (Å²) in [7, 11) is 0. The van der Waals surface area contributed by atoms with Gasteiger partial charge < -0.3 is 4.90 Å². The van der Waals surface area contributed by atoms with Crippen LogP contribution in [0.4, 0.5) is 5.82 Å². The van der Waals surface area contributed by atoms with E-state index >= 15 is 0 Å². The molecule has 0 saturated carbocycles. The van der Waals surface area contributed by atoms with Crippen molar-refractivity contribution in [3.8, 4) is 6.07 Å². The van der Waals surface area contributed by atoms with Gasteiger partial charge in [0, 0.05) is 31.7 Å². The lowest BCUT2D eigenvalue weighted by molar-refractivity contribution is -0.122. The number of nitrogens with zero attached hydrogens (tertiary/aromatic N) is 4. The number of nitriles is 1. The number of hydrogen-bond acceptors (Lipinski definition) is 6. The van der Waals surface area contributed by atoms with Crippen molar-refractivity contribution < 1.29 is 4.79 Å². The fourth-order valence-corrected chi connectivity index (χ4v) is 5.12. The molecular weight excluding hydrogens is 404 g/mol. The van der Waals surface area contributed by atoms with E-state index in [1.807, 2.05) is 26.8 Å². The monoisotopic (exact) mass is 430 g/mol. The van der Waals surface area contributed by atoms with E-state index < -0.39 is 0 Å². The van der Waals surface area contributed by atoms with Crippen LogP contribution in [-0.4, -0.2) is 39.3 Å². The van der Waals surface area contributed by atoms with E-state index in [0.717, 1.165) is 37.3 Å². The Hall–Kier alpha value is -2.11. The summed E-state index contributed by atoms with van der Waals surface area (Å²) in [5.41, 5.74) is 1.27. The highest BCUT2D eigenvalue weighted by atomic mass is 32.2. The molecule has 154 valence electrons. The standard InChI is InChI=1S/C21H26N4O2S2/c1-5-24-18(23-8-6-7-9-23)15(14(4)16(11-22)19(24)26)10-17-20(27)25(12-13(2)3)21(28)29-17/h10,13H,5-9,12H2,1-4H3. The second-order valence-corrected chi connectivity index (χ2v) is 9.45. The van der Waals surface area contributed by atoms with E-state index in [2.05, 4.69) is 11.0 Å². The molecule has 3 rings (SSSR count). The Morgan fingerprint density at radius 1 is 1.28 bits per heavy atom. The number of pyridine rings is 1. The summed E-state index contributed by atoms with van der Waals surface area (Å²) >= 11 is 6.72. The molecule has 1 aromatic heterocycles. The van der Waals surface area contributed by atoms with Gasteiger partial charge in [-0.25, -0.2) is 0 Å². The van der Waals surface area contributed by atoms with Gasteiger partial charge in [0.2, 0.25) is 0 Å². The number of carbonyl (C=O) groups is 1. The average Bonchev–Trinajstić information content (AvgIpc) is 3.28. The first-order valence-corrected chi connectivity index (χ1v) is 11.2. The number of carbonyl (C=O) groups excluding carboxylic acids is 1. The van der Waals surface area contributed by atoms with Crippen molar-refractivity contribution in [2.45, 2.75) is 47.1 Å². The Kier molecular flexibility index (Phi) is 6.49. The molecule has 1 amide bonds. The molecule has 0 aromatic carbocycles. The maximum Gasteiger partial charge on any atom is 0.270 e. The molecule has 0 unspecified atom stereocenters. The highest BCUT2D eigenvalue weighted by Gasteiger charge is 2.33. The van der Waals surface area contributed by atoms with Crippen molar-refractivity contribution in [3.63, 3.8) is 0 Å². The Balaban J connectivity index is 2.20. The predicted octanol–water partition coefficient (Wildman–Crippen LogP) is 3.51. The zero-order valence-electron chi connectivity index (χ0n) is 17.3. The third-order valence-corrected chi connectivity index (χ3v) is 6.64. The molecule has 0 atom stereocenters. The van der Waals surface area contributed by atoms with Crippen LogP contribution in [0.1, 0.15) is 50.3 Å². The minimum Gasteiger partial charge on any atom is -0.357 e. The highest BCUT2D eigenvalue weighted by molar-refractivity contribution is 8.26. The molecule has 2 aliphatic heterocycles. The van der Waals surface area contributed by atoms with Gasteiger partial charge in [0.25, 0.3) is 11.5 Å². The molecular formula is C21H26N4O2S2. The highest BCUT2D eigenvalue weighted by Crippen LogP contribution is 2.36. The third kappa shape index (κ3) is 3.99. The zero-order chi connectivity index (χ0) is 21.3. The van der Waals surface area contributed by atoms with Gasteiger partial charge in [-0.2, -0.15) is 5.26 Å². The van der Waals surface area contributed by atoms with E-state index in [0.29, 0.717) is 33.8 Å². The summed E-state index contributed by atoms with van der Waals surface area (Å²) in [5, 5.41) is 9.60. The maximum absolute atomic E-state index is 13.0. The molecule has 2 fully saturated rings. The van der Waals surface area contributed by atoms with E-state index in [9.17, 15) is 14.9 Å². The van der Waals surface area contributed by atoms with Crippen LogP contribution < -0.4 is 10.5 Å². The van der Waals surface area contributed by atoms with Gasteiger partial charge in [0.05, 0.1) is 4.91 Å². The van der Waals surface area contributed by atoms with Crippen LogP contribution in [0.2, 0.25) is 0 Å². The van der Waals surface area contributed by atoms with Crippen molar-refractivity contribution in [1.82, 2.24) is 9.47 Å². The molecule has 8 heteroatoms. The lowest BCUT2D eigenvalue weighted by atomic mass is 10.0. The largest absolute Gasteiger partial charge is 0.357 e. The molecule has 2 aliphatic rings. The molecule has 0 spiro atoms. The smallest absolute Gasteiger partial charge is 0.270 e. The van der Waals surface area contributed by atoms with E-state index in [1.54, 1.807) is 16.4 Å². The molecule has 0 aliphatic carbocycles. The first-order chi connectivity index (χ1) is 13.8. The van der Waals surface area contributed by atoms with Crippen molar-refractivity contribution in [2.24, 2.45) is 5.92 Å². The lowest BCUT2D eigenvalue weighted by Crippen LogP contribution is -2.33. The average molecular weight is 431 g/mol. The number of rotatable bonds is 5. The van der Waals surface area contributed by atoms with Crippen LogP contribution in [0.3, 0.4) is 0 Å². The Labute approximate surface area is 181 Å².